The van der Waals surface area contributed by atoms with Crippen molar-refractivity contribution >= 4 is 11.8 Å². The van der Waals surface area contributed by atoms with Gasteiger partial charge in [-0.25, -0.2) is 0 Å². The first-order valence-electron chi connectivity index (χ1n) is 6.63. The van der Waals surface area contributed by atoms with Gasteiger partial charge in [-0.05, 0) is 25.0 Å². The number of rotatable bonds is 7. The van der Waals surface area contributed by atoms with Gasteiger partial charge in [-0.1, -0.05) is 13.8 Å². The second kappa shape index (κ2) is 7.09. The molecule has 1 atom stereocenters. The van der Waals surface area contributed by atoms with Crippen LogP contribution in [0.25, 0.3) is 0 Å². The van der Waals surface area contributed by atoms with E-state index in [4.69, 9.17) is 4.42 Å². The Labute approximate surface area is 118 Å². The van der Waals surface area contributed by atoms with Gasteiger partial charge in [-0.15, -0.1) is 0 Å². The number of carbonyl (C=O) groups excluding carboxylic acids is 2. The van der Waals surface area contributed by atoms with Gasteiger partial charge in [-0.3, -0.25) is 9.59 Å². The van der Waals surface area contributed by atoms with Gasteiger partial charge in [0.1, 0.15) is 0 Å². The normalized spacial score (nSPS) is 13.8. The van der Waals surface area contributed by atoms with Crippen LogP contribution in [0.3, 0.4) is 0 Å². The quantitative estimate of drug-likeness (QED) is 0.693. The van der Waals surface area contributed by atoms with Crippen molar-refractivity contribution in [3.05, 3.63) is 24.2 Å². The smallest absolute Gasteiger partial charge is 0.286 e. The molecule has 0 saturated carbocycles. The summed E-state index contributed by atoms with van der Waals surface area (Å²) in [5, 5.41) is 15.2. The van der Waals surface area contributed by atoms with E-state index in [2.05, 4.69) is 10.6 Å². The summed E-state index contributed by atoms with van der Waals surface area (Å²) in [4.78, 5) is 23.1. The van der Waals surface area contributed by atoms with Crippen LogP contribution in [0.4, 0.5) is 0 Å². The summed E-state index contributed by atoms with van der Waals surface area (Å²) in [5.74, 6) is -0.308. The molecule has 6 heteroatoms. The standard InChI is InChI=1S/C14H22N2O4/c1-10(2)14(3,19)9-16-12(17)6-7-15-13(18)11-5-4-8-20-11/h4-5,8,10,19H,6-7,9H2,1-3H3,(H,15,18)(H,16,17). The molecule has 1 rings (SSSR count). The lowest BCUT2D eigenvalue weighted by Gasteiger charge is -2.27. The molecule has 6 nitrogen and oxygen atoms in total. The van der Waals surface area contributed by atoms with Crippen molar-refractivity contribution < 1.29 is 19.1 Å². The molecule has 3 N–H and O–H groups in total. The van der Waals surface area contributed by atoms with Gasteiger partial charge >= 0.3 is 0 Å². The Bertz CT molecular complexity index is 438. The zero-order valence-corrected chi connectivity index (χ0v) is 12.1. The van der Waals surface area contributed by atoms with E-state index in [-0.39, 0.29) is 43.0 Å². The average Bonchev–Trinajstić information content (AvgIpc) is 2.90. The van der Waals surface area contributed by atoms with Crippen molar-refractivity contribution in [2.24, 2.45) is 5.92 Å². The van der Waals surface area contributed by atoms with Gasteiger partial charge in [0.15, 0.2) is 5.76 Å². The molecule has 0 radical (unpaired) electrons. The molecule has 1 aromatic heterocycles. The summed E-state index contributed by atoms with van der Waals surface area (Å²) in [6.07, 6.45) is 1.57. The van der Waals surface area contributed by atoms with Crippen LogP contribution in [0.15, 0.2) is 22.8 Å². The number of furan rings is 1. The molecule has 2 amide bonds. The predicted octanol–water partition coefficient (Wildman–Crippen LogP) is 0.923. The van der Waals surface area contributed by atoms with Crippen LogP contribution in [0.5, 0.6) is 0 Å². The van der Waals surface area contributed by atoms with E-state index in [1.807, 2.05) is 13.8 Å². The maximum atomic E-state index is 11.6. The summed E-state index contributed by atoms with van der Waals surface area (Å²) >= 11 is 0. The highest BCUT2D eigenvalue weighted by atomic mass is 16.3. The third kappa shape index (κ3) is 5.05. The molecule has 0 aliphatic carbocycles. The molecular formula is C14H22N2O4. The summed E-state index contributed by atoms with van der Waals surface area (Å²) < 4.78 is 4.93. The third-order valence-electron chi connectivity index (χ3n) is 3.27. The summed E-state index contributed by atoms with van der Waals surface area (Å²) in [6, 6.07) is 3.17. The predicted molar refractivity (Wildman–Crippen MR) is 74.1 cm³/mol. The van der Waals surface area contributed by atoms with Gasteiger partial charge in [0.25, 0.3) is 5.91 Å². The van der Waals surface area contributed by atoms with Crippen molar-refractivity contribution in [1.29, 1.82) is 0 Å². The van der Waals surface area contributed by atoms with Crippen LogP contribution in [0, 0.1) is 5.92 Å². The largest absolute Gasteiger partial charge is 0.459 e. The zero-order valence-electron chi connectivity index (χ0n) is 12.1. The minimum atomic E-state index is -0.937. The lowest BCUT2D eigenvalue weighted by molar-refractivity contribution is -0.122. The second-order valence-corrected chi connectivity index (χ2v) is 5.27. The zero-order chi connectivity index (χ0) is 15.2. The van der Waals surface area contributed by atoms with Crippen LogP contribution < -0.4 is 10.6 Å². The van der Waals surface area contributed by atoms with Crippen LogP contribution in [-0.4, -0.2) is 35.6 Å². The highest BCUT2D eigenvalue weighted by molar-refractivity contribution is 5.91. The molecule has 0 aromatic carbocycles. The highest BCUT2D eigenvalue weighted by Crippen LogP contribution is 2.14. The van der Waals surface area contributed by atoms with E-state index in [1.54, 1.807) is 19.1 Å². The van der Waals surface area contributed by atoms with E-state index in [9.17, 15) is 14.7 Å². The Balaban J connectivity index is 2.22. The molecule has 0 bridgehead atoms. The second-order valence-electron chi connectivity index (χ2n) is 5.27. The number of amides is 2. The van der Waals surface area contributed by atoms with Gasteiger partial charge in [0.2, 0.25) is 5.91 Å². The van der Waals surface area contributed by atoms with E-state index >= 15 is 0 Å². The lowest BCUT2D eigenvalue weighted by Crippen LogP contribution is -2.44. The molecule has 1 aromatic rings. The third-order valence-corrected chi connectivity index (χ3v) is 3.27. The SMILES string of the molecule is CC(C)C(C)(O)CNC(=O)CCNC(=O)c1ccco1. The van der Waals surface area contributed by atoms with Gasteiger partial charge in [0.05, 0.1) is 11.9 Å². The first kappa shape index (κ1) is 16.2. The fourth-order valence-corrected chi connectivity index (χ4v) is 1.35. The summed E-state index contributed by atoms with van der Waals surface area (Å²) in [6.45, 7) is 5.85. The monoisotopic (exact) mass is 282 g/mol. The Morgan fingerprint density at radius 3 is 2.65 bits per heavy atom. The molecular weight excluding hydrogens is 260 g/mol. The van der Waals surface area contributed by atoms with Crippen molar-refractivity contribution in [3.63, 3.8) is 0 Å². The lowest BCUT2D eigenvalue weighted by atomic mass is 9.92. The van der Waals surface area contributed by atoms with E-state index < -0.39 is 5.60 Å². The van der Waals surface area contributed by atoms with Crippen molar-refractivity contribution in [2.75, 3.05) is 13.1 Å². The van der Waals surface area contributed by atoms with Crippen molar-refractivity contribution in [3.8, 4) is 0 Å². The van der Waals surface area contributed by atoms with Crippen LogP contribution in [0.2, 0.25) is 0 Å². The van der Waals surface area contributed by atoms with Crippen molar-refractivity contribution in [1.82, 2.24) is 10.6 Å². The minimum absolute atomic E-state index is 0.0430. The molecule has 1 heterocycles. The molecule has 112 valence electrons. The number of aliphatic hydroxyl groups is 1. The fourth-order valence-electron chi connectivity index (χ4n) is 1.35. The van der Waals surface area contributed by atoms with Gasteiger partial charge in [0, 0.05) is 19.5 Å². The summed E-state index contributed by atoms with van der Waals surface area (Å²) in [7, 11) is 0. The maximum Gasteiger partial charge on any atom is 0.286 e. The molecule has 1 unspecified atom stereocenters. The molecule has 0 spiro atoms. The first-order chi connectivity index (χ1) is 9.33. The number of hydrogen-bond acceptors (Lipinski definition) is 4. The Morgan fingerprint density at radius 2 is 2.10 bits per heavy atom. The molecule has 20 heavy (non-hydrogen) atoms. The molecule has 0 saturated heterocycles. The Morgan fingerprint density at radius 1 is 1.40 bits per heavy atom. The topological polar surface area (TPSA) is 91.6 Å². The van der Waals surface area contributed by atoms with Crippen LogP contribution in [0.1, 0.15) is 37.7 Å². The van der Waals surface area contributed by atoms with Gasteiger partial charge < -0.3 is 20.2 Å². The fraction of sp³-hybridized carbons (Fsp3) is 0.571. The van der Waals surface area contributed by atoms with Gasteiger partial charge in [-0.2, -0.15) is 0 Å². The number of carbonyl (C=O) groups is 2. The van der Waals surface area contributed by atoms with Crippen LogP contribution >= 0.6 is 0 Å². The highest BCUT2D eigenvalue weighted by Gasteiger charge is 2.25. The van der Waals surface area contributed by atoms with Crippen molar-refractivity contribution in [2.45, 2.75) is 32.8 Å². The number of nitrogens with one attached hydrogen (secondary N) is 2. The molecule has 0 aliphatic rings. The molecule has 0 fully saturated rings. The van der Waals surface area contributed by atoms with E-state index in [0.29, 0.717) is 0 Å². The Hall–Kier alpha value is -1.82. The average molecular weight is 282 g/mol. The van der Waals surface area contributed by atoms with E-state index in [0.717, 1.165) is 0 Å². The maximum absolute atomic E-state index is 11.6. The minimum Gasteiger partial charge on any atom is -0.459 e. The Kier molecular flexibility index (Phi) is 5.76. The number of hydrogen-bond donors (Lipinski definition) is 3. The molecule has 0 aliphatic heterocycles. The van der Waals surface area contributed by atoms with E-state index in [1.165, 1.54) is 6.26 Å². The first-order valence-corrected chi connectivity index (χ1v) is 6.63. The summed E-state index contributed by atoms with van der Waals surface area (Å²) in [5.41, 5.74) is -0.937. The van der Waals surface area contributed by atoms with Crippen LogP contribution in [-0.2, 0) is 4.79 Å².